The lowest BCUT2D eigenvalue weighted by molar-refractivity contribution is 0.669. The van der Waals surface area contributed by atoms with Crippen LogP contribution in [0.25, 0.3) is 109 Å². The molecule has 0 atom stereocenters. The Morgan fingerprint density at radius 1 is 0.255 bits per heavy atom. The standard InChI is InChI=1S/C50H30O/c1-2-8-31(9-3-1)36-22-24-47-45(28-36)46-29-37(23-25-48(46)51-47)35-19-14-32-15-20-38(27-40(32)26-35)44-30-39-21-18-34-17-16-33-10-4-5-11-41(33)49(34)50(39)43-13-7-6-12-42(43)44/h1-30H. The summed E-state index contributed by atoms with van der Waals surface area (Å²) in [4.78, 5) is 0. The molecule has 1 nitrogen and oxygen atoms in total. The van der Waals surface area contributed by atoms with Gasteiger partial charge < -0.3 is 4.42 Å². The predicted octanol–water partition coefficient (Wildman–Crippen LogP) is 14.4. The molecule has 0 radical (unpaired) electrons. The van der Waals surface area contributed by atoms with E-state index in [0.29, 0.717) is 0 Å². The highest BCUT2D eigenvalue weighted by atomic mass is 16.3. The number of hydrogen-bond acceptors (Lipinski definition) is 1. The van der Waals surface area contributed by atoms with E-state index >= 15 is 0 Å². The lowest BCUT2D eigenvalue weighted by Gasteiger charge is -2.15. The van der Waals surface area contributed by atoms with Crippen molar-refractivity contribution >= 4 is 75.8 Å². The number of furan rings is 1. The van der Waals surface area contributed by atoms with Crippen LogP contribution in [-0.2, 0) is 0 Å². The minimum Gasteiger partial charge on any atom is -0.456 e. The second kappa shape index (κ2) is 10.9. The molecule has 0 aliphatic rings. The third-order valence-corrected chi connectivity index (χ3v) is 10.8. The van der Waals surface area contributed by atoms with Gasteiger partial charge in [-0.15, -0.1) is 0 Å². The number of fused-ring (bicyclic) bond motifs is 11. The lowest BCUT2D eigenvalue weighted by Crippen LogP contribution is -1.88. The molecule has 236 valence electrons. The molecule has 11 aromatic rings. The lowest BCUT2D eigenvalue weighted by atomic mass is 9.88. The average Bonchev–Trinajstić information content (AvgIpc) is 3.57. The van der Waals surface area contributed by atoms with E-state index in [-0.39, 0.29) is 0 Å². The van der Waals surface area contributed by atoms with Crippen molar-refractivity contribution in [1.29, 1.82) is 0 Å². The van der Waals surface area contributed by atoms with Crippen molar-refractivity contribution in [3.8, 4) is 33.4 Å². The van der Waals surface area contributed by atoms with Crippen LogP contribution in [0.1, 0.15) is 0 Å². The molecule has 1 heteroatoms. The number of hydrogen-bond donors (Lipinski definition) is 0. The van der Waals surface area contributed by atoms with Crippen LogP contribution in [0.2, 0.25) is 0 Å². The van der Waals surface area contributed by atoms with Crippen LogP contribution in [-0.4, -0.2) is 0 Å². The van der Waals surface area contributed by atoms with Crippen molar-refractivity contribution in [2.75, 3.05) is 0 Å². The van der Waals surface area contributed by atoms with Crippen LogP contribution in [0.5, 0.6) is 0 Å². The maximum atomic E-state index is 6.28. The maximum Gasteiger partial charge on any atom is 0.135 e. The fraction of sp³-hybridized carbons (Fsp3) is 0. The molecule has 1 aromatic heterocycles. The van der Waals surface area contributed by atoms with E-state index in [1.54, 1.807) is 0 Å². The first-order valence-corrected chi connectivity index (χ1v) is 17.6. The van der Waals surface area contributed by atoms with Gasteiger partial charge in [-0.3, -0.25) is 0 Å². The van der Waals surface area contributed by atoms with Gasteiger partial charge in [-0.05, 0) is 130 Å². The third kappa shape index (κ3) is 4.42. The summed E-state index contributed by atoms with van der Waals surface area (Å²) in [7, 11) is 0. The van der Waals surface area contributed by atoms with Crippen LogP contribution in [0.15, 0.2) is 186 Å². The molecule has 1 heterocycles. The Morgan fingerprint density at radius 3 is 1.57 bits per heavy atom. The van der Waals surface area contributed by atoms with Gasteiger partial charge in [0.15, 0.2) is 0 Å². The van der Waals surface area contributed by atoms with Gasteiger partial charge in [0, 0.05) is 10.8 Å². The Kier molecular flexibility index (Phi) is 6.02. The van der Waals surface area contributed by atoms with Crippen molar-refractivity contribution in [2.24, 2.45) is 0 Å². The summed E-state index contributed by atoms with van der Waals surface area (Å²) in [6.45, 7) is 0. The Morgan fingerprint density at radius 2 is 0.784 bits per heavy atom. The molecule has 0 bridgehead atoms. The molecule has 0 N–H and O–H groups in total. The smallest absolute Gasteiger partial charge is 0.135 e. The van der Waals surface area contributed by atoms with E-state index in [1.165, 1.54) is 87.2 Å². The Bertz CT molecular complexity index is 3180. The third-order valence-electron chi connectivity index (χ3n) is 10.8. The zero-order chi connectivity index (χ0) is 33.5. The molecule has 11 rings (SSSR count). The highest BCUT2D eigenvalue weighted by Gasteiger charge is 2.15. The van der Waals surface area contributed by atoms with Gasteiger partial charge in [0.25, 0.3) is 0 Å². The molecular weight excluding hydrogens is 617 g/mol. The first-order valence-electron chi connectivity index (χ1n) is 17.6. The fourth-order valence-corrected chi connectivity index (χ4v) is 8.29. The summed E-state index contributed by atoms with van der Waals surface area (Å²) in [5.41, 5.74) is 9.06. The van der Waals surface area contributed by atoms with Crippen LogP contribution in [0.4, 0.5) is 0 Å². The average molecular weight is 647 g/mol. The van der Waals surface area contributed by atoms with E-state index in [9.17, 15) is 0 Å². The Labute approximate surface area is 294 Å². The molecule has 51 heavy (non-hydrogen) atoms. The van der Waals surface area contributed by atoms with Crippen LogP contribution >= 0.6 is 0 Å². The molecule has 0 aliphatic heterocycles. The predicted molar refractivity (Wildman–Crippen MR) is 218 cm³/mol. The van der Waals surface area contributed by atoms with Crippen molar-refractivity contribution in [2.45, 2.75) is 0 Å². The summed E-state index contributed by atoms with van der Waals surface area (Å²) in [5.74, 6) is 0. The topological polar surface area (TPSA) is 13.1 Å². The van der Waals surface area contributed by atoms with Gasteiger partial charge in [0.05, 0.1) is 0 Å². The zero-order valence-electron chi connectivity index (χ0n) is 27.7. The molecular formula is C50H30O. The van der Waals surface area contributed by atoms with Crippen molar-refractivity contribution in [1.82, 2.24) is 0 Å². The summed E-state index contributed by atoms with van der Waals surface area (Å²) in [6, 6.07) is 66.4. The quantitative estimate of drug-likeness (QED) is 0.174. The maximum absolute atomic E-state index is 6.28. The number of benzene rings is 10. The molecule has 10 aromatic carbocycles. The van der Waals surface area contributed by atoms with Crippen molar-refractivity contribution < 1.29 is 4.42 Å². The summed E-state index contributed by atoms with van der Waals surface area (Å²) in [6.07, 6.45) is 0. The molecule has 0 unspecified atom stereocenters. The largest absolute Gasteiger partial charge is 0.456 e. The van der Waals surface area contributed by atoms with Gasteiger partial charge in [-0.25, -0.2) is 0 Å². The molecule has 0 spiro atoms. The van der Waals surface area contributed by atoms with E-state index in [2.05, 4.69) is 182 Å². The SMILES string of the molecule is c1ccc(-c2ccc3oc4ccc(-c5ccc6ccc(-c7cc8ccc9ccc%10ccccc%10c9c8c8ccccc78)cc6c5)cc4c3c2)cc1. The highest BCUT2D eigenvalue weighted by Crippen LogP contribution is 2.42. The minimum absolute atomic E-state index is 0.908. The van der Waals surface area contributed by atoms with E-state index in [4.69, 9.17) is 4.42 Å². The Hall–Kier alpha value is -6.70. The van der Waals surface area contributed by atoms with Gasteiger partial charge in [0.2, 0.25) is 0 Å². The van der Waals surface area contributed by atoms with Gasteiger partial charge in [-0.2, -0.15) is 0 Å². The molecule has 0 saturated carbocycles. The van der Waals surface area contributed by atoms with Gasteiger partial charge >= 0.3 is 0 Å². The first-order chi connectivity index (χ1) is 25.2. The van der Waals surface area contributed by atoms with Crippen molar-refractivity contribution in [3.63, 3.8) is 0 Å². The van der Waals surface area contributed by atoms with Gasteiger partial charge in [-0.1, -0.05) is 140 Å². The van der Waals surface area contributed by atoms with E-state index in [1.807, 2.05) is 0 Å². The van der Waals surface area contributed by atoms with Crippen LogP contribution in [0.3, 0.4) is 0 Å². The highest BCUT2D eigenvalue weighted by molar-refractivity contribution is 6.29. The monoisotopic (exact) mass is 646 g/mol. The summed E-state index contributed by atoms with van der Waals surface area (Å²) in [5, 5.41) is 15.0. The zero-order valence-corrected chi connectivity index (χ0v) is 27.7. The van der Waals surface area contributed by atoms with Crippen LogP contribution < -0.4 is 0 Å². The fourth-order valence-electron chi connectivity index (χ4n) is 8.29. The minimum atomic E-state index is 0.908. The van der Waals surface area contributed by atoms with Crippen LogP contribution in [0, 0.1) is 0 Å². The Balaban J connectivity index is 1.06. The van der Waals surface area contributed by atoms with E-state index in [0.717, 1.165) is 21.9 Å². The van der Waals surface area contributed by atoms with Crippen molar-refractivity contribution in [3.05, 3.63) is 182 Å². The summed E-state index contributed by atoms with van der Waals surface area (Å²) >= 11 is 0. The summed E-state index contributed by atoms with van der Waals surface area (Å²) < 4.78 is 6.28. The number of rotatable bonds is 3. The van der Waals surface area contributed by atoms with Gasteiger partial charge in [0.1, 0.15) is 11.2 Å². The molecule has 0 amide bonds. The normalized spacial score (nSPS) is 11.9. The molecule has 0 fully saturated rings. The second-order valence-electron chi connectivity index (χ2n) is 13.7. The first kappa shape index (κ1) is 28.2. The molecule has 0 aliphatic carbocycles. The molecule has 0 saturated heterocycles. The van der Waals surface area contributed by atoms with E-state index < -0.39 is 0 Å². The second-order valence-corrected chi connectivity index (χ2v) is 13.7.